The number of hydrogen-bond donors (Lipinski definition) is 1. The monoisotopic (exact) mass is 397 g/mol. The Kier molecular flexibility index (Phi) is 5.83. The number of nitrogens with zero attached hydrogens (tertiary/aromatic N) is 2. The molecule has 0 saturated carbocycles. The van der Waals surface area contributed by atoms with Crippen molar-refractivity contribution in [1.29, 1.82) is 0 Å². The molecular weight excluding hydrogens is 386 g/mol. The largest absolute Gasteiger partial charge is 0.483 e. The highest BCUT2D eigenvalue weighted by molar-refractivity contribution is 9.10. The van der Waals surface area contributed by atoms with Gasteiger partial charge in [-0.05, 0) is 35.0 Å². The molecule has 0 aliphatic carbocycles. The van der Waals surface area contributed by atoms with E-state index in [2.05, 4.69) is 26.5 Å². The summed E-state index contributed by atoms with van der Waals surface area (Å²) in [5.41, 5.74) is 2.35. The molecule has 0 aliphatic heterocycles. The van der Waals surface area contributed by atoms with Crippen LogP contribution in [0.4, 0.5) is 5.69 Å². The lowest BCUT2D eigenvalue weighted by Gasteiger charge is -2.06. The molecule has 7 nitrogen and oxygen atoms in total. The van der Waals surface area contributed by atoms with Crippen LogP contribution in [0.15, 0.2) is 39.9 Å². The Morgan fingerprint density at radius 3 is 2.91 bits per heavy atom. The molecule has 1 heterocycles. The molecule has 2 rings (SSSR count). The maximum Gasteiger partial charge on any atom is 0.283 e. The van der Waals surface area contributed by atoms with Gasteiger partial charge in [0.15, 0.2) is 6.61 Å². The van der Waals surface area contributed by atoms with E-state index < -0.39 is 10.8 Å². The number of carbonyl (C=O) groups is 1. The molecule has 2 aromatic rings. The van der Waals surface area contributed by atoms with Gasteiger partial charge in [-0.1, -0.05) is 12.1 Å². The highest BCUT2D eigenvalue weighted by atomic mass is 79.9. The van der Waals surface area contributed by atoms with E-state index in [0.717, 1.165) is 4.47 Å². The van der Waals surface area contributed by atoms with E-state index in [4.69, 9.17) is 4.74 Å². The molecule has 0 saturated heterocycles. The normalized spacial score (nSPS) is 10.7. The summed E-state index contributed by atoms with van der Waals surface area (Å²) < 4.78 is 6.08. The maximum absolute atomic E-state index is 11.6. The van der Waals surface area contributed by atoms with Crippen molar-refractivity contribution in [2.24, 2.45) is 5.10 Å². The van der Waals surface area contributed by atoms with Crippen molar-refractivity contribution in [3.05, 3.63) is 54.7 Å². The first kappa shape index (κ1) is 17.1. The van der Waals surface area contributed by atoms with Crippen molar-refractivity contribution in [2.45, 2.75) is 6.92 Å². The highest BCUT2D eigenvalue weighted by Crippen LogP contribution is 2.26. The molecule has 1 amide bonds. The lowest BCUT2D eigenvalue weighted by atomic mass is 10.3. The van der Waals surface area contributed by atoms with E-state index in [0.29, 0.717) is 15.5 Å². The second-order valence-electron chi connectivity index (χ2n) is 4.36. The number of para-hydroxylation sites is 1. The van der Waals surface area contributed by atoms with E-state index in [1.165, 1.54) is 23.6 Å². The summed E-state index contributed by atoms with van der Waals surface area (Å²) in [6.45, 7) is 1.47. The van der Waals surface area contributed by atoms with Crippen molar-refractivity contribution in [3.8, 4) is 5.75 Å². The number of carbonyl (C=O) groups excluding carboxylic acids is 1. The lowest BCUT2D eigenvalue weighted by Crippen LogP contribution is -2.24. The molecule has 0 atom stereocenters. The zero-order valence-electron chi connectivity index (χ0n) is 12.0. The van der Waals surface area contributed by atoms with Crippen molar-refractivity contribution >= 4 is 45.1 Å². The minimum Gasteiger partial charge on any atom is -0.483 e. The number of hydrazone groups is 1. The van der Waals surface area contributed by atoms with Gasteiger partial charge in [-0.2, -0.15) is 5.10 Å². The molecule has 0 aliphatic rings. The van der Waals surface area contributed by atoms with Crippen molar-refractivity contribution < 1.29 is 14.5 Å². The number of amides is 1. The Balaban J connectivity index is 1.85. The van der Waals surface area contributed by atoms with E-state index in [9.17, 15) is 14.9 Å². The van der Waals surface area contributed by atoms with Gasteiger partial charge in [-0.25, -0.2) is 5.43 Å². The van der Waals surface area contributed by atoms with Crippen LogP contribution < -0.4 is 10.2 Å². The van der Waals surface area contributed by atoms with Crippen LogP contribution in [0, 0.1) is 17.0 Å². The minimum absolute atomic E-state index is 0.0417. The first-order valence-electron chi connectivity index (χ1n) is 6.41. The summed E-state index contributed by atoms with van der Waals surface area (Å²) in [5, 5.41) is 14.5. The SMILES string of the molecule is Cc1sc(/C=N/NC(=O)COc2ccccc2Br)cc1[N+](=O)[O-]. The van der Waals surface area contributed by atoms with Gasteiger partial charge in [0.1, 0.15) is 5.75 Å². The molecule has 1 aromatic carbocycles. The van der Waals surface area contributed by atoms with Gasteiger partial charge in [0, 0.05) is 6.07 Å². The average Bonchev–Trinajstić information content (AvgIpc) is 2.87. The first-order chi connectivity index (χ1) is 11.0. The third kappa shape index (κ3) is 4.86. The fourth-order valence-electron chi connectivity index (χ4n) is 1.65. The smallest absolute Gasteiger partial charge is 0.283 e. The van der Waals surface area contributed by atoms with Gasteiger partial charge in [0.05, 0.1) is 25.4 Å². The van der Waals surface area contributed by atoms with E-state index in [1.54, 1.807) is 25.1 Å². The fraction of sp³-hybridized carbons (Fsp3) is 0.143. The second-order valence-corrected chi connectivity index (χ2v) is 6.50. The van der Waals surface area contributed by atoms with Crippen LogP contribution in [0.1, 0.15) is 9.75 Å². The van der Waals surface area contributed by atoms with E-state index >= 15 is 0 Å². The molecular formula is C14H12BrN3O4S. The predicted octanol–water partition coefficient (Wildman–Crippen LogP) is 3.26. The van der Waals surface area contributed by atoms with Crippen LogP contribution in [0.5, 0.6) is 5.75 Å². The van der Waals surface area contributed by atoms with Gasteiger partial charge < -0.3 is 4.74 Å². The van der Waals surface area contributed by atoms with Crippen LogP contribution in [0.25, 0.3) is 0 Å². The summed E-state index contributed by atoms with van der Waals surface area (Å²) in [4.78, 5) is 23.1. The Hall–Kier alpha value is -2.26. The third-order valence-electron chi connectivity index (χ3n) is 2.68. The Labute approximate surface area is 144 Å². The standard InChI is InChI=1S/C14H12BrN3O4S/c1-9-12(18(20)21)6-10(23-9)7-16-17-14(19)8-22-13-5-3-2-4-11(13)15/h2-7H,8H2,1H3,(H,17,19)/b16-7+. The fourth-order valence-corrected chi connectivity index (χ4v) is 2.91. The summed E-state index contributed by atoms with van der Waals surface area (Å²) in [6, 6.07) is 8.57. The Bertz CT molecular complexity index is 760. The number of halogens is 1. The van der Waals surface area contributed by atoms with Crippen LogP contribution in [-0.4, -0.2) is 23.7 Å². The molecule has 23 heavy (non-hydrogen) atoms. The predicted molar refractivity (Wildman–Crippen MR) is 91.1 cm³/mol. The summed E-state index contributed by atoms with van der Waals surface area (Å²) in [5.74, 6) is 0.121. The quantitative estimate of drug-likeness (QED) is 0.459. The van der Waals surface area contributed by atoms with Crippen molar-refractivity contribution in [3.63, 3.8) is 0 Å². The number of aryl methyl sites for hydroxylation is 1. The number of hydrogen-bond acceptors (Lipinski definition) is 6. The number of ether oxygens (including phenoxy) is 1. The second kappa shape index (κ2) is 7.84. The third-order valence-corrected chi connectivity index (χ3v) is 4.31. The topological polar surface area (TPSA) is 93.8 Å². The van der Waals surface area contributed by atoms with Crippen LogP contribution in [0.3, 0.4) is 0 Å². The van der Waals surface area contributed by atoms with Crippen LogP contribution in [-0.2, 0) is 4.79 Å². The Morgan fingerprint density at radius 2 is 2.26 bits per heavy atom. The molecule has 0 bridgehead atoms. The molecule has 9 heteroatoms. The first-order valence-corrected chi connectivity index (χ1v) is 8.02. The van der Waals surface area contributed by atoms with Gasteiger partial charge in [0.2, 0.25) is 0 Å². The van der Waals surface area contributed by atoms with Gasteiger partial charge in [-0.3, -0.25) is 14.9 Å². The molecule has 1 aromatic heterocycles. The van der Waals surface area contributed by atoms with Crippen LogP contribution >= 0.6 is 27.3 Å². The molecule has 0 fully saturated rings. The highest BCUT2D eigenvalue weighted by Gasteiger charge is 2.14. The number of rotatable bonds is 6. The van der Waals surface area contributed by atoms with Crippen molar-refractivity contribution in [1.82, 2.24) is 5.43 Å². The molecule has 0 unspecified atom stereocenters. The van der Waals surface area contributed by atoms with Gasteiger partial charge in [-0.15, -0.1) is 11.3 Å². The van der Waals surface area contributed by atoms with Crippen molar-refractivity contribution in [2.75, 3.05) is 6.61 Å². The van der Waals surface area contributed by atoms with Crippen LogP contribution in [0.2, 0.25) is 0 Å². The minimum atomic E-state index is -0.451. The molecule has 120 valence electrons. The summed E-state index contributed by atoms with van der Waals surface area (Å²) in [7, 11) is 0. The number of benzene rings is 1. The zero-order valence-corrected chi connectivity index (χ0v) is 14.4. The van der Waals surface area contributed by atoms with E-state index in [-0.39, 0.29) is 12.3 Å². The maximum atomic E-state index is 11.6. The van der Waals surface area contributed by atoms with Gasteiger partial charge >= 0.3 is 0 Å². The number of nitro groups is 1. The Morgan fingerprint density at radius 1 is 1.52 bits per heavy atom. The molecule has 0 radical (unpaired) electrons. The average molecular weight is 398 g/mol. The number of nitrogens with one attached hydrogen (secondary N) is 1. The summed E-state index contributed by atoms with van der Waals surface area (Å²) in [6.07, 6.45) is 1.36. The van der Waals surface area contributed by atoms with E-state index in [1.807, 2.05) is 6.07 Å². The van der Waals surface area contributed by atoms with Gasteiger partial charge in [0.25, 0.3) is 11.6 Å². The lowest BCUT2D eigenvalue weighted by molar-refractivity contribution is -0.385. The summed E-state index contributed by atoms with van der Waals surface area (Å²) >= 11 is 4.54. The molecule has 1 N–H and O–H groups in total. The number of thiophene rings is 1. The molecule has 0 spiro atoms. The zero-order chi connectivity index (χ0) is 16.8.